The summed E-state index contributed by atoms with van der Waals surface area (Å²) < 4.78 is 19.0. The highest BCUT2D eigenvalue weighted by atomic mass is 32.1. The Bertz CT molecular complexity index is 831. The number of para-hydroxylation sites is 1. The Morgan fingerprint density at radius 1 is 1.12 bits per heavy atom. The van der Waals surface area contributed by atoms with Crippen molar-refractivity contribution in [2.75, 3.05) is 12.4 Å². The third kappa shape index (κ3) is 4.25. The Kier molecular flexibility index (Phi) is 5.46. The van der Waals surface area contributed by atoms with Gasteiger partial charge in [0.05, 0.1) is 18.7 Å². The first-order valence-corrected chi connectivity index (χ1v) is 8.77. The number of halogens is 1. The molecule has 0 bridgehead atoms. The third-order valence-electron chi connectivity index (χ3n) is 3.95. The maximum Gasteiger partial charge on any atom is 0.232 e. The van der Waals surface area contributed by atoms with Gasteiger partial charge in [-0.15, -0.1) is 11.3 Å². The van der Waals surface area contributed by atoms with Crippen molar-refractivity contribution in [2.24, 2.45) is 0 Å². The predicted octanol–water partition coefficient (Wildman–Crippen LogP) is 4.86. The van der Waals surface area contributed by atoms with Crippen LogP contribution in [0.5, 0.6) is 5.75 Å². The van der Waals surface area contributed by atoms with Gasteiger partial charge in [0.2, 0.25) is 5.91 Å². The lowest BCUT2D eigenvalue weighted by Gasteiger charge is -2.17. The fourth-order valence-corrected chi connectivity index (χ4v) is 3.36. The smallest absolute Gasteiger partial charge is 0.232 e. The van der Waals surface area contributed by atoms with E-state index in [0.29, 0.717) is 6.42 Å². The molecule has 2 aromatic carbocycles. The molecule has 0 saturated heterocycles. The van der Waals surface area contributed by atoms with Crippen LogP contribution in [0.15, 0.2) is 66.0 Å². The Morgan fingerprint density at radius 2 is 1.88 bits per heavy atom. The van der Waals surface area contributed by atoms with Crippen molar-refractivity contribution in [3.8, 4) is 5.75 Å². The van der Waals surface area contributed by atoms with Crippen molar-refractivity contribution in [3.05, 3.63) is 82.3 Å². The normalized spacial score (nSPS) is 11.8. The summed E-state index contributed by atoms with van der Waals surface area (Å²) in [5.41, 5.74) is 1.06. The zero-order valence-corrected chi connectivity index (χ0v) is 14.6. The molecule has 0 spiro atoms. The van der Waals surface area contributed by atoms with E-state index in [4.69, 9.17) is 4.74 Å². The maximum atomic E-state index is 13.9. The van der Waals surface area contributed by atoms with Crippen LogP contribution >= 0.6 is 11.3 Å². The standard InChI is InChI=1S/C20H18FNO2S/c1-24-15-10-8-14(9-11-15)17(13-16-5-4-12-25-16)20(23)22-19-7-3-2-6-18(19)21/h2-12,17H,13H2,1H3,(H,22,23). The first kappa shape index (κ1) is 17.2. The molecule has 0 aliphatic carbocycles. The van der Waals surface area contributed by atoms with E-state index in [1.807, 2.05) is 41.8 Å². The second-order valence-electron chi connectivity index (χ2n) is 5.58. The van der Waals surface area contributed by atoms with Crippen molar-refractivity contribution >= 4 is 22.9 Å². The van der Waals surface area contributed by atoms with E-state index in [1.54, 1.807) is 36.6 Å². The number of hydrogen-bond acceptors (Lipinski definition) is 3. The molecule has 3 aromatic rings. The van der Waals surface area contributed by atoms with E-state index in [-0.39, 0.29) is 11.6 Å². The van der Waals surface area contributed by atoms with Gasteiger partial charge in [-0.3, -0.25) is 4.79 Å². The van der Waals surface area contributed by atoms with Gasteiger partial charge in [-0.2, -0.15) is 0 Å². The minimum Gasteiger partial charge on any atom is -0.497 e. The first-order valence-electron chi connectivity index (χ1n) is 7.89. The van der Waals surface area contributed by atoms with Crippen LogP contribution in [0.3, 0.4) is 0 Å². The summed E-state index contributed by atoms with van der Waals surface area (Å²) in [5, 5.41) is 4.69. The number of carbonyl (C=O) groups is 1. The van der Waals surface area contributed by atoms with Crippen LogP contribution in [0, 0.1) is 5.82 Å². The molecule has 128 valence electrons. The molecule has 1 aromatic heterocycles. The molecule has 1 amide bonds. The fourth-order valence-electron chi connectivity index (χ4n) is 2.61. The number of thiophene rings is 1. The SMILES string of the molecule is COc1ccc(C(Cc2cccs2)C(=O)Nc2ccccc2F)cc1. The number of carbonyl (C=O) groups excluding carboxylic acids is 1. The average Bonchev–Trinajstić information content (AvgIpc) is 3.15. The van der Waals surface area contributed by atoms with Gasteiger partial charge in [-0.1, -0.05) is 30.3 Å². The molecule has 0 aliphatic rings. The predicted molar refractivity (Wildman–Crippen MR) is 98.8 cm³/mol. The van der Waals surface area contributed by atoms with Gasteiger partial charge in [0, 0.05) is 4.88 Å². The molecule has 1 atom stereocenters. The molecule has 3 rings (SSSR count). The molecule has 1 N–H and O–H groups in total. The number of anilines is 1. The summed E-state index contributed by atoms with van der Waals surface area (Å²) in [6.45, 7) is 0. The monoisotopic (exact) mass is 355 g/mol. The van der Waals surface area contributed by atoms with Crippen LogP contribution in [0.2, 0.25) is 0 Å². The van der Waals surface area contributed by atoms with Crippen molar-refractivity contribution in [1.82, 2.24) is 0 Å². The number of amides is 1. The highest BCUT2D eigenvalue weighted by Gasteiger charge is 2.22. The van der Waals surface area contributed by atoms with Gasteiger partial charge < -0.3 is 10.1 Å². The van der Waals surface area contributed by atoms with Crippen molar-refractivity contribution in [2.45, 2.75) is 12.3 Å². The van der Waals surface area contributed by atoms with Crippen LogP contribution in [0.4, 0.5) is 10.1 Å². The zero-order chi connectivity index (χ0) is 17.6. The van der Waals surface area contributed by atoms with E-state index in [2.05, 4.69) is 5.32 Å². The highest BCUT2D eigenvalue weighted by molar-refractivity contribution is 7.09. The summed E-state index contributed by atoms with van der Waals surface area (Å²) in [4.78, 5) is 13.9. The third-order valence-corrected chi connectivity index (χ3v) is 4.85. The van der Waals surface area contributed by atoms with Gasteiger partial charge in [0.1, 0.15) is 11.6 Å². The Morgan fingerprint density at radius 3 is 2.52 bits per heavy atom. The van der Waals surface area contributed by atoms with Gasteiger partial charge in [0.15, 0.2) is 0 Å². The van der Waals surface area contributed by atoms with E-state index >= 15 is 0 Å². The number of benzene rings is 2. The number of hydrogen-bond donors (Lipinski definition) is 1. The quantitative estimate of drug-likeness (QED) is 0.686. The van der Waals surface area contributed by atoms with E-state index in [9.17, 15) is 9.18 Å². The molecule has 5 heteroatoms. The molecule has 0 saturated carbocycles. The second kappa shape index (κ2) is 7.94. The second-order valence-corrected chi connectivity index (χ2v) is 6.61. The highest BCUT2D eigenvalue weighted by Crippen LogP contribution is 2.27. The lowest BCUT2D eigenvalue weighted by Crippen LogP contribution is -2.23. The molecule has 3 nitrogen and oxygen atoms in total. The van der Waals surface area contributed by atoms with Gasteiger partial charge >= 0.3 is 0 Å². The first-order chi connectivity index (χ1) is 12.2. The largest absolute Gasteiger partial charge is 0.497 e. The molecule has 0 aliphatic heterocycles. The van der Waals surface area contributed by atoms with E-state index in [1.165, 1.54) is 6.07 Å². The van der Waals surface area contributed by atoms with Crippen LogP contribution in [-0.2, 0) is 11.2 Å². The molecule has 0 radical (unpaired) electrons. The summed E-state index contributed by atoms with van der Waals surface area (Å²) in [7, 11) is 1.60. The lowest BCUT2D eigenvalue weighted by molar-refractivity contribution is -0.117. The van der Waals surface area contributed by atoms with Crippen molar-refractivity contribution in [1.29, 1.82) is 0 Å². The number of methoxy groups -OCH3 is 1. The zero-order valence-electron chi connectivity index (χ0n) is 13.7. The molecule has 1 heterocycles. The van der Waals surface area contributed by atoms with Crippen LogP contribution < -0.4 is 10.1 Å². The summed E-state index contributed by atoms with van der Waals surface area (Å²) in [5.74, 6) is -0.360. The summed E-state index contributed by atoms with van der Waals surface area (Å²) in [6, 6.07) is 17.5. The van der Waals surface area contributed by atoms with Crippen molar-refractivity contribution < 1.29 is 13.9 Å². The summed E-state index contributed by atoms with van der Waals surface area (Å²) in [6.07, 6.45) is 0.560. The number of ether oxygens (including phenoxy) is 1. The number of nitrogens with one attached hydrogen (secondary N) is 1. The minimum atomic E-state index is -0.444. The van der Waals surface area contributed by atoms with Crippen molar-refractivity contribution in [3.63, 3.8) is 0 Å². The van der Waals surface area contributed by atoms with Crippen LogP contribution in [0.1, 0.15) is 16.4 Å². The molecule has 25 heavy (non-hydrogen) atoms. The fraction of sp³-hybridized carbons (Fsp3) is 0.150. The molecular weight excluding hydrogens is 337 g/mol. The molecule has 0 fully saturated rings. The Hall–Kier alpha value is -2.66. The topological polar surface area (TPSA) is 38.3 Å². The molecular formula is C20H18FNO2S. The lowest BCUT2D eigenvalue weighted by atomic mass is 9.93. The minimum absolute atomic E-state index is 0.192. The maximum absolute atomic E-state index is 13.9. The van der Waals surface area contributed by atoms with Gasteiger partial charge in [-0.25, -0.2) is 4.39 Å². The average molecular weight is 355 g/mol. The van der Waals surface area contributed by atoms with Gasteiger partial charge in [-0.05, 0) is 47.7 Å². The number of rotatable bonds is 6. The Labute approximate surface area is 150 Å². The van der Waals surface area contributed by atoms with Crippen LogP contribution in [-0.4, -0.2) is 13.0 Å². The van der Waals surface area contributed by atoms with Gasteiger partial charge in [0.25, 0.3) is 0 Å². The summed E-state index contributed by atoms with van der Waals surface area (Å²) >= 11 is 1.60. The van der Waals surface area contributed by atoms with E-state index in [0.717, 1.165) is 16.2 Å². The molecule has 1 unspecified atom stereocenters. The van der Waals surface area contributed by atoms with Crippen LogP contribution in [0.25, 0.3) is 0 Å². The van der Waals surface area contributed by atoms with E-state index < -0.39 is 11.7 Å². The Balaban J connectivity index is 1.86.